The highest BCUT2D eigenvalue weighted by Gasteiger charge is 2.37. The number of hydrogen-bond acceptors (Lipinski definition) is 5. The molecule has 1 heterocycles. The van der Waals surface area contributed by atoms with Crippen molar-refractivity contribution in [2.45, 2.75) is 11.1 Å². The maximum atomic E-state index is 12.3. The molecule has 0 atom stereocenters. The van der Waals surface area contributed by atoms with Gasteiger partial charge in [0.15, 0.2) is 0 Å². The van der Waals surface area contributed by atoms with Gasteiger partial charge in [-0.3, -0.25) is 0 Å². The second-order valence-electron chi connectivity index (χ2n) is 3.65. The third-order valence-electron chi connectivity index (χ3n) is 2.36. The molecule has 0 fully saturated rings. The van der Waals surface area contributed by atoms with Crippen LogP contribution in [0.5, 0.6) is 0 Å². The van der Waals surface area contributed by atoms with Crippen LogP contribution in [-0.2, 0) is 16.2 Å². The summed E-state index contributed by atoms with van der Waals surface area (Å²) in [6, 6.07) is 4.99. The van der Waals surface area contributed by atoms with Crippen molar-refractivity contribution in [3.63, 3.8) is 0 Å². The molecule has 0 aliphatic heterocycles. The van der Waals surface area contributed by atoms with E-state index in [9.17, 15) is 21.6 Å². The molecular weight excluding hydrogens is 299 g/mol. The molecule has 0 spiro atoms. The van der Waals surface area contributed by atoms with Gasteiger partial charge in [0.25, 0.3) is 11.7 Å². The summed E-state index contributed by atoms with van der Waals surface area (Å²) in [4.78, 5) is 3.17. The van der Waals surface area contributed by atoms with Crippen molar-refractivity contribution in [1.29, 1.82) is 0 Å². The molecule has 1 aromatic heterocycles. The smallest absolute Gasteiger partial charge is 0.334 e. The Morgan fingerprint density at radius 3 is 2.25 bits per heavy atom. The normalized spacial score (nSPS) is 12.6. The minimum absolute atomic E-state index is 0.0284. The molecule has 6 nitrogen and oxygen atoms in total. The van der Waals surface area contributed by atoms with Gasteiger partial charge in [0.05, 0.1) is 4.90 Å². The molecule has 0 saturated carbocycles. The van der Waals surface area contributed by atoms with E-state index < -0.39 is 22.0 Å². The number of rotatable bonds is 3. The Morgan fingerprint density at radius 2 is 1.80 bits per heavy atom. The van der Waals surface area contributed by atoms with Crippen molar-refractivity contribution >= 4 is 10.0 Å². The molecule has 0 amide bonds. The Balaban J connectivity index is 2.34. The molecular formula is C10H8F3N3O3S. The zero-order valence-corrected chi connectivity index (χ0v) is 10.8. The average molecular weight is 307 g/mol. The van der Waals surface area contributed by atoms with Gasteiger partial charge in [-0.2, -0.15) is 18.2 Å². The largest absolute Gasteiger partial charge is 0.455 e. The van der Waals surface area contributed by atoms with Crippen LogP contribution in [0.3, 0.4) is 0 Å². The summed E-state index contributed by atoms with van der Waals surface area (Å²) in [5.74, 6) is -1.73. The minimum atomic E-state index is -4.70. The fraction of sp³-hybridized carbons (Fsp3) is 0.200. The first kappa shape index (κ1) is 14.5. The lowest BCUT2D eigenvalue weighted by molar-refractivity contribution is -0.146. The van der Waals surface area contributed by atoms with E-state index in [1.54, 1.807) is 0 Å². The molecule has 108 valence electrons. The number of alkyl halides is 3. The van der Waals surface area contributed by atoms with Gasteiger partial charge in [-0.05, 0) is 31.3 Å². The first-order valence-corrected chi connectivity index (χ1v) is 6.67. The third kappa shape index (κ3) is 2.80. The van der Waals surface area contributed by atoms with Gasteiger partial charge in [0.2, 0.25) is 10.0 Å². The van der Waals surface area contributed by atoms with E-state index in [-0.39, 0.29) is 16.3 Å². The summed E-state index contributed by atoms with van der Waals surface area (Å²) >= 11 is 0. The molecule has 2 rings (SSSR count). The molecule has 0 unspecified atom stereocenters. The standard InChI is InChI=1S/C10H8F3N3O3S/c1-14-20(17,18)7-4-2-6(3-5-7)8-15-9(16-19-8)10(11,12)13/h2-5,14H,1H3. The molecule has 0 aliphatic carbocycles. The van der Waals surface area contributed by atoms with Crippen LogP contribution in [0.25, 0.3) is 11.5 Å². The van der Waals surface area contributed by atoms with Crippen LogP contribution >= 0.6 is 0 Å². The Bertz CT molecular complexity index is 707. The van der Waals surface area contributed by atoms with Crippen molar-refractivity contribution in [3.05, 3.63) is 30.1 Å². The lowest BCUT2D eigenvalue weighted by Gasteiger charge is -2.02. The molecule has 0 saturated heterocycles. The molecule has 1 N–H and O–H groups in total. The Hall–Kier alpha value is -1.94. The second kappa shape index (κ2) is 4.87. The van der Waals surface area contributed by atoms with E-state index in [0.29, 0.717) is 0 Å². The maximum Gasteiger partial charge on any atom is 0.455 e. The molecule has 10 heteroatoms. The molecule has 0 bridgehead atoms. The van der Waals surface area contributed by atoms with E-state index in [1.165, 1.54) is 31.3 Å². The molecule has 0 radical (unpaired) electrons. The van der Waals surface area contributed by atoms with Gasteiger partial charge in [0.1, 0.15) is 0 Å². The summed E-state index contributed by atoms with van der Waals surface area (Å²) in [6.07, 6.45) is -4.70. The maximum absolute atomic E-state index is 12.3. The Morgan fingerprint density at radius 1 is 1.20 bits per heavy atom. The van der Waals surface area contributed by atoms with Crippen molar-refractivity contribution in [2.75, 3.05) is 7.05 Å². The zero-order valence-electron chi connectivity index (χ0n) is 9.97. The summed E-state index contributed by atoms with van der Waals surface area (Å²) < 4.78 is 66.5. The third-order valence-corrected chi connectivity index (χ3v) is 3.79. The number of hydrogen-bond donors (Lipinski definition) is 1. The van der Waals surface area contributed by atoms with Crippen LogP contribution in [0, 0.1) is 0 Å². The molecule has 1 aromatic carbocycles. The topological polar surface area (TPSA) is 85.1 Å². The second-order valence-corrected chi connectivity index (χ2v) is 5.54. The highest BCUT2D eigenvalue weighted by molar-refractivity contribution is 7.89. The highest BCUT2D eigenvalue weighted by Crippen LogP contribution is 2.28. The summed E-state index contributed by atoms with van der Waals surface area (Å²) in [6.45, 7) is 0. The number of sulfonamides is 1. The Labute approximate surface area is 111 Å². The van der Waals surface area contributed by atoms with E-state index in [0.717, 1.165) is 0 Å². The number of aromatic nitrogens is 2. The van der Waals surface area contributed by atoms with Gasteiger partial charge >= 0.3 is 6.18 Å². The molecule has 20 heavy (non-hydrogen) atoms. The van der Waals surface area contributed by atoms with Gasteiger partial charge < -0.3 is 4.52 Å². The summed E-state index contributed by atoms with van der Waals surface area (Å²) in [5, 5.41) is 2.81. The fourth-order valence-electron chi connectivity index (χ4n) is 1.35. The number of nitrogens with zero attached hydrogens (tertiary/aromatic N) is 2. The van der Waals surface area contributed by atoms with E-state index >= 15 is 0 Å². The van der Waals surface area contributed by atoms with Crippen molar-refractivity contribution < 1.29 is 26.1 Å². The number of nitrogens with one attached hydrogen (secondary N) is 1. The zero-order chi connectivity index (χ0) is 15.0. The van der Waals surface area contributed by atoms with E-state index in [4.69, 9.17) is 0 Å². The fourth-order valence-corrected chi connectivity index (χ4v) is 2.08. The first-order chi connectivity index (χ1) is 9.24. The van der Waals surface area contributed by atoms with Crippen LogP contribution in [0.2, 0.25) is 0 Å². The van der Waals surface area contributed by atoms with Gasteiger partial charge in [-0.15, -0.1) is 0 Å². The SMILES string of the molecule is CNS(=O)(=O)c1ccc(-c2nc(C(F)(F)F)no2)cc1. The van der Waals surface area contributed by atoms with Crippen molar-refractivity contribution in [2.24, 2.45) is 0 Å². The minimum Gasteiger partial charge on any atom is -0.334 e. The van der Waals surface area contributed by atoms with Gasteiger partial charge in [0, 0.05) is 5.56 Å². The average Bonchev–Trinajstić information content (AvgIpc) is 2.88. The Kier molecular flexibility index (Phi) is 3.52. The van der Waals surface area contributed by atoms with Crippen LogP contribution in [0.4, 0.5) is 13.2 Å². The van der Waals surface area contributed by atoms with E-state index in [1.807, 2.05) is 0 Å². The first-order valence-electron chi connectivity index (χ1n) is 5.19. The van der Waals surface area contributed by atoms with Crippen molar-refractivity contribution in [3.8, 4) is 11.5 Å². The highest BCUT2D eigenvalue weighted by atomic mass is 32.2. The van der Waals surface area contributed by atoms with Gasteiger partial charge in [-0.1, -0.05) is 5.16 Å². The molecule has 0 aliphatic rings. The summed E-state index contributed by atoms with van der Waals surface area (Å²) in [7, 11) is -2.36. The monoisotopic (exact) mass is 307 g/mol. The van der Waals surface area contributed by atoms with E-state index in [2.05, 4.69) is 19.4 Å². The number of halogens is 3. The van der Waals surface area contributed by atoms with Gasteiger partial charge in [-0.25, -0.2) is 13.1 Å². The van der Waals surface area contributed by atoms with Crippen molar-refractivity contribution in [1.82, 2.24) is 14.9 Å². The predicted molar refractivity (Wildman–Crippen MR) is 61.0 cm³/mol. The summed E-state index contributed by atoms with van der Waals surface area (Å²) in [5.41, 5.74) is 0.183. The lowest BCUT2D eigenvalue weighted by Crippen LogP contribution is -2.18. The van der Waals surface area contributed by atoms with Crippen LogP contribution in [0.15, 0.2) is 33.7 Å². The molecule has 2 aromatic rings. The number of benzene rings is 1. The predicted octanol–water partition coefficient (Wildman–Crippen LogP) is 1.66. The quantitative estimate of drug-likeness (QED) is 0.932. The van der Waals surface area contributed by atoms with Crippen LogP contribution < -0.4 is 4.72 Å². The lowest BCUT2D eigenvalue weighted by atomic mass is 10.2. The van der Waals surface area contributed by atoms with Crippen LogP contribution in [0.1, 0.15) is 5.82 Å². The van der Waals surface area contributed by atoms with Crippen LogP contribution in [-0.4, -0.2) is 25.6 Å².